The second-order valence-corrected chi connectivity index (χ2v) is 9.30. The standard InChI is InChI=1S/C24H30F3N7O2/c25-18-3-4-19(23(27)22(18)26)28-24(35)34-13-11-33(12-14-34)21-6-5-20(29-30-21)32-9-7-31(8-10-32)16-17-2-1-15-36-17/h3-6,17H,1-2,7-16H2,(H,28,35). The number of hydrogen-bond donors (Lipinski definition) is 1. The fourth-order valence-electron chi connectivity index (χ4n) is 4.85. The summed E-state index contributed by atoms with van der Waals surface area (Å²) in [6.45, 7) is 7.39. The van der Waals surface area contributed by atoms with Crippen LogP contribution >= 0.6 is 0 Å². The third-order valence-corrected chi connectivity index (χ3v) is 6.99. The highest BCUT2D eigenvalue weighted by Crippen LogP contribution is 2.22. The number of anilines is 3. The summed E-state index contributed by atoms with van der Waals surface area (Å²) < 4.78 is 46.1. The molecule has 3 saturated heterocycles. The Balaban J connectivity index is 1.09. The molecule has 0 saturated carbocycles. The minimum absolute atomic E-state index is 0.368. The van der Waals surface area contributed by atoms with Gasteiger partial charge < -0.3 is 24.8 Å². The molecule has 3 aliphatic heterocycles. The number of benzene rings is 1. The Morgan fingerprint density at radius 2 is 1.53 bits per heavy atom. The van der Waals surface area contributed by atoms with Crippen LogP contribution in [0, 0.1) is 17.5 Å². The lowest BCUT2D eigenvalue weighted by Crippen LogP contribution is -2.50. The molecule has 2 amide bonds. The lowest BCUT2D eigenvalue weighted by Gasteiger charge is -2.37. The molecule has 0 radical (unpaired) electrons. The highest BCUT2D eigenvalue weighted by Gasteiger charge is 2.26. The molecule has 0 bridgehead atoms. The Morgan fingerprint density at radius 3 is 2.11 bits per heavy atom. The lowest BCUT2D eigenvalue weighted by atomic mass is 10.2. The number of hydrogen-bond acceptors (Lipinski definition) is 7. The average molecular weight is 506 g/mol. The Hall–Kier alpha value is -3.12. The molecule has 1 aromatic carbocycles. The third kappa shape index (κ3) is 5.49. The summed E-state index contributed by atoms with van der Waals surface area (Å²) in [5, 5.41) is 11.1. The van der Waals surface area contributed by atoms with Crippen LogP contribution in [0.1, 0.15) is 12.8 Å². The molecule has 1 atom stereocenters. The number of aromatic nitrogens is 2. The van der Waals surface area contributed by atoms with Crippen molar-refractivity contribution in [2.75, 3.05) is 80.6 Å². The summed E-state index contributed by atoms with van der Waals surface area (Å²) in [4.78, 5) is 20.7. The van der Waals surface area contributed by atoms with E-state index >= 15 is 0 Å². The van der Waals surface area contributed by atoms with E-state index in [1.165, 1.54) is 4.90 Å². The Kier molecular flexibility index (Phi) is 7.42. The Morgan fingerprint density at radius 1 is 0.889 bits per heavy atom. The van der Waals surface area contributed by atoms with Crippen LogP contribution in [0.4, 0.5) is 35.3 Å². The highest BCUT2D eigenvalue weighted by atomic mass is 19.2. The van der Waals surface area contributed by atoms with Gasteiger partial charge in [0.05, 0.1) is 11.8 Å². The van der Waals surface area contributed by atoms with Crippen molar-refractivity contribution in [1.29, 1.82) is 0 Å². The van der Waals surface area contributed by atoms with E-state index in [-0.39, 0.29) is 0 Å². The van der Waals surface area contributed by atoms with Crippen molar-refractivity contribution in [2.24, 2.45) is 0 Å². The maximum Gasteiger partial charge on any atom is 0.322 e. The Bertz CT molecular complexity index is 1050. The topological polar surface area (TPSA) is 77.1 Å². The van der Waals surface area contributed by atoms with Gasteiger partial charge in [-0.05, 0) is 37.1 Å². The van der Waals surface area contributed by atoms with Gasteiger partial charge in [-0.15, -0.1) is 10.2 Å². The van der Waals surface area contributed by atoms with Gasteiger partial charge in [0.2, 0.25) is 0 Å². The monoisotopic (exact) mass is 505 g/mol. The predicted octanol–water partition coefficient (Wildman–Crippen LogP) is 2.55. The minimum Gasteiger partial charge on any atom is -0.377 e. The van der Waals surface area contributed by atoms with Gasteiger partial charge in [-0.25, -0.2) is 18.0 Å². The van der Waals surface area contributed by atoms with Gasteiger partial charge in [0.25, 0.3) is 0 Å². The van der Waals surface area contributed by atoms with Crippen molar-refractivity contribution in [3.05, 3.63) is 41.7 Å². The predicted molar refractivity (Wildman–Crippen MR) is 129 cm³/mol. The normalized spacial score (nSPS) is 21.2. The van der Waals surface area contributed by atoms with E-state index < -0.39 is 29.2 Å². The van der Waals surface area contributed by atoms with Crippen LogP contribution in [0.2, 0.25) is 0 Å². The number of nitrogens with zero attached hydrogens (tertiary/aromatic N) is 6. The zero-order chi connectivity index (χ0) is 25.1. The van der Waals surface area contributed by atoms with Crippen LogP contribution in [0.3, 0.4) is 0 Å². The number of nitrogens with one attached hydrogen (secondary N) is 1. The van der Waals surface area contributed by atoms with E-state index in [4.69, 9.17) is 4.74 Å². The lowest BCUT2D eigenvalue weighted by molar-refractivity contribution is 0.0712. The molecule has 12 heteroatoms. The molecule has 36 heavy (non-hydrogen) atoms. The van der Waals surface area contributed by atoms with Crippen LogP contribution in [0.15, 0.2) is 24.3 Å². The van der Waals surface area contributed by atoms with Gasteiger partial charge in [-0.3, -0.25) is 4.90 Å². The van der Waals surface area contributed by atoms with Crippen molar-refractivity contribution in [2.45, 2.75) is 18.9 Å². The van der Waals surface area contributed by atoms with E-state index in [0.29, 0.717) is 32.3 Å². The second kappa shape index (κ2) is 10.9. The Labute approximate surface area is 207 Å². The van der Waals surface area contributed by atoms with Gasteiger partial charge in [0, 0.05) is 65.5 Å². The summed E-state index contributed by atoms with van der Waals surface area (Å²) in [5.74, 6) is -2.76. The number of carbonyl (C=O) groups excluding carboxylic acids is 1. The molecule has 1 aromatic heterocycles. The summed E-state index contributed by atoms with van der Waals surface area (Å²) >= 11 is 0. The van der Waals surface area contributed by atoms with Crippen LogP contribution < -0.4 is 15.1 Å². The van der Waals surface area contributed by atoms with Crippen LogP contribution in [0.5, 0.6) is 0 Å². The molecule has 4 heterocycles. The summed E-state index contributed by atoms with van der Waals surface area (Å²) in [6, 6.07) is 5.12. The first kappa shape index (κ1) is 24.6. The number of piperazine rings is 2. The van der Waals surface area contributed by atoms with Crippen molar-refractivity contribution in [3.8, 4) is 0 Å². The number of halogens is 3. The molecule has 3 fully saturated rings. The zero-order valence-electron chi connectivity index (χ0n) is 20.0. The van der Waals surface area contributed by atoms with Crippen molar-refractivity contribution in [1.82, 2.24) is 20.0 Å². The number of rotatable bonds is 5. The second-order valence-electron chi connectivity index (χ2n) is 9.30. The molecule has 0 aliphatic carbocycles. The largest absolute Gasteiger partial charge is 0.377 e. The van der Waals surface area contributed by atoms with Gasteiger partial charge >= 0.3 is 6.03 Å². The number of amides is 2. The molecule has 1 unspecified atom stereocenters. The average Bonchev–Trinajstić information content (AvgIpc) is 3.43. The van der Waals surface area contributed by atoms with Crippen LogP contribution in [0.25, 0.3) is 0 Å². The summed E-state index contributed by atoms with van der Waals surface area (Å²) in [7, 11) is 0. The van der Waals surface area contributed by atoms with Crippen molar-refractivity contribution in [3.63, 3.8) is 0 Å². The maximum absolute atomic E-state index is 13.9. The van der Waals surface area contributed by atoms with E-state index in [1.54, 1.807) is 0 Å². The fourth-order valence-corrected chi connectivity index (χ4v) is 4.85. The number of urea groups is 1. The molecule has 3 aliphatic rings. The first-order chi connectivity index (χ1) is 17.5. The quantitative estimate of drug-likeness (QED) is 0.626. The number of carbonyl (C=O) groups is 1. The fraction of sp³-hybridized carbons (Fsp3) is 0.542. The summed E-state index contributed by atoms with van der Waals surface area (Å²) in [5.41, 5.74) is -0.393. The third-order valence-electron chi connectivity index (χ3n) is 6.99. The smallest absolute Gasteiger partial charge is 0.322 e. The molecule has 5 rings (SSSR count). The maximum atomic E-state index is 13.9. The van der Waals surface area contributed by atoms with Gasteiger partial charge in [0.1, 0.15) is 0 Å². The minimum atomic E-state index is -1.61. The van der Waals surface area contributed by atoms with E-state index in [2.05, 4.69) is 25.3 Å². The van der Waals surface area contributed by atoms with Crippen molar-refractivity contribution >= 4 is 23.4 Å². The first-order valence-electron chi connectivity index (χ1n) is 12.3. The highest BCUT2D eigenvalue weighted by molar-refractivity contribution is 5.89. The number of ether oxygens (including phenoxy) is 1. The van der Waals surface area contributed by atoms with Crippen molar-refractivity contribution < 1.29 is 22.7 Å². The molecular weight excluding hydrogens is 475 g/mol. The van der Waals surface area contributed by atoms with E-state index in [1.807, 2.05) is 17.0 Å². The van der Waals surface area contributed by atoms with E-state index in [0.717, 1.165) is 75.9 Å². The molecule has 0 spiro atoms. The molecule has 2 aromatic rings. The summed E-state index contributed by atoms with van der Waals surface area (Å²) in [6.07, 6.45) is 2.68. The van der Waals surface area contributed by atoms with E-state index in [9.17, 15) is 18.0 Å². The molecule has 9 nitrogen and oxygen atoms in total. The first-order valence-corrected chi connectivity index (χ1v) is 12.3. The zero-order valence-corrected chi connectivity index (χ0v) is 20.0. The van der Waals surface area contributed by atoms with Gasteiger partial charge in [0.15, 0.2) is 29.1 Å². The molecular formula is C24H30F3N7O2. The SMILES string of the molecule is O=C(Nc1ccc(F)c(F)c1F)N1CCN(c2ccc(N3CCN(CC4CCCO4)CC3)nn2)CC1. The molecule has 1 N–H and O–H groups in total. The van der Waals surface area contributed by atoms with Crippen LogP contribution in [-0.2, 0) is 4.74 Å². The molecule has 194 valence electrons. The van der Waals surface area contributed by atoms with Gasteiger partial charge in [-0.2, -0.15) is 0 Å². The van der Waals surface area contributed by atoms with Gasteiger partial charge in [-0.1, -0.05) is 0 Å². The van der Waals surface area contributed by atoms with Crippen LogP contribution in [-0.4, -0.2) is 97.6 Å².